The Labute approximate surface area is 92.6 Å². The molecule has 1 aliphatic rings. The minimum absolute atomic E-state index is 0.000278. The van der Waals surface area contributed by atoms with E-state index in [0.717, 1.165) is 12.8 Å². The Morgan fingerprint density at radius 2 is 1.93 bits per heavy atom. The van der Waals surface area contributed by atoms with Crippen molar-refractivity contribution >= 4 is 0 Å². The molecule has 1 aliphatic heterocycles. The molecule has 0 saturated carbocycles. The van der Waals surface area contributed by atoms with Gasteiger partial charge >= 0.3 is 0 Å². The highest BCUT2D eigenvalue weighted by Crippen LogP contribution is 2.35. The molecule has 0 aromatic heterocycles. The van der Waals surface area contributed by atoms with Crippen molar-refractivity contribution in [2.24, 2.45) is 5.41 Å². The van der Waals surface area contributed by atoms with E-state index in [-0.39, 0.29) is 5.41 Å². The number of rotatable bonds is 3. The molecule has 1 saturated heterocycles. The van der Waals surface area contributed by atoms with Crippen molar-refractivity contribution in [3.8, 4) is 11.8 Å². The van der Waals surface area contributed by atoms with Gasteiger partial charge in [0, 0.05) is 11.8 Å². The number of allylic oxidation sites excluding steroid dienone is 1. The predicted molar refractivity (Wildman–Crippen MR) is 61.3 cm³/mol. The van der Waals surface area contributed by atoms with Crippen LogP contribution in [-0.4, -0.2) is 19.0 Å². The fourth-order valence-electron chi connectivity index (χ4n) is 1.61. The van der Waals surface area contributed by atoms with E-state index in [2.05, 4.69) is 18.4 Å². The van der Waals surface area contributed by atoms with Crippen LogP contribution >= 0.6 is 0 Å². The highest BCUT2D eigenvalue weighted by Gasteiger charge is 2.38. The molecule has 15 heavy (non-hydrogen) atoms. The van der Waals surface area contributed by atoms with Crippen LogP contribution in [0.4, 0.5) is 0 Å². The van der Waals surface area contributed by atoms with Gasteiger partial charge in [0.15, 0.2) is 5.79 Å². The third kappa shape index (κ3) is 3.37. The van der Waals surface area contributed by atoms with E-state index in [1.807, 2.05) is 26.8 Å². The van der Waals surface area contributed by atoms with Crippen LogP contribution in [0.5, 0.6) is 0 Å². The molecule has 0 aromatic rings. The first-order valence-corrected chi connectivity index (χ1v) is 5.32. The first kappa shape index (κ1) is 12.3. The van der Waals surface area contributed by atoms with E-state index < -0.39 is 5.79 Å². The average molecular weight is 208 g/mol. The molecular weight excluding hydrogens is 188 g/mol. The largest absolute Gasteiger partial charge is 0.350 e. The second-order valence-electron chi connectivity index (χ2n) is 4.57. The first-order valence-electron chi connectivity index (χ1n) is 5.32. The summed E-state index contributed by atoms with van der Waals surface area (Å²) >= 11 is 0. The molecule has 1 heterocycles. The van der Waals surface area contributed by atoms with Crippen LogP contribution in [0, 0.1) is 17.3 Å². The summed E-state index contributed by atoms with van der Waals surface area (Å²) in [7, 11) is 0. The van der Waals surface area contributed by atoms with Crippen molar-refractivity contribution in [1.82, 2.24) is 0 Å². The normalized spacial score (nSPS) is 22.6. The molecule has 84 valence electrons. The standard InChI is InChI=1S/C13H20O2/c1-5-7-9-13(8-6-2)10-14-12(3,4)15-11-13/h6H,2,8-11H2,1,3-4H3. The molecule has 2 heteroatoms. The fraction of sp³-hybridized carbons (Fsp3) is 0.692. The third-order valence-electron chi connectivity index (χ3n) is 2.67. The Morgan fingerprint density at radius 1 is 1.33 bits per heavy atom. The second kappa shape index (κ2) is 4.83. The summed E-state index contributed by atoms with van der Waals surface area (Å²) in [6.45, 7) is 10.9. The van der Waals surface area contributed by atoms with E-state index in [9.17, 15) is 0 Å². The van der Waals surface area contributed by atoms with Gasteiger partial charge in [-0.1, -0.05) is 6.08 Å². The Balaban J connectivity index is 2.66. The maximum absolute atomic E-state index is 5.69. The summed E-state index contributed by atoms with van der Waals surface area (Å²) in [6.07, 6.45) is 3.62. The Hall–Kier alpha value is -0.780. The van der Waals surface area contributed by atoms with Crippen LogP contribution < -0.4 is 0 Å². The van der Waals surface area contributed by atoms with Crippen molar-refractivity contribution in [2.75, 3.05) is 13.2 Å². The summed E-state index contributed by atoms with van der Waals surface area (Å²) in [6, 6.07) is 0. The summed E-state index contributed by atoms with van der Waals surface area (Å²) < 4.78 is 11.4. The highest BCUT2D eigenvalue weighted by atomic mass is 16.7. The van der Waals surface area contributed by atoms with E-state index in [4.69, 9.17) is 9.47 Å². The topological polar surface area (TPSA) is 18.5 Å². The van der Waals surface area contributed by atoms with Gasteiger partial charge in [-0.25, -0.2) is 0 Å². The molecular formula is C13H20O2. The molecule has 0 bridgehead atoms. The Kier molecular flexibility index (Phi) is 3.96. The van der Waals surface area contributed by atoms with Crippen LogP contribution in [0.25, 0.3) is 0 Å². The van der Waals surface area contributed by atoms with Crippen molar-refractivity contribution in [1.29, 1.82) is 0 Å². The van der Waals surface area contributed by atoms with Gasteiger partial charge in [-0.05, 0) is 27.2 Å². The lowest BCUT2D eigenvalue weighted by molar-refractivity contribution is -0.284. The van der Waals surface area contributed by atoms with Gasteiger partial charge in [-0.3, -0.25) is 0 Å². The second-order valence-corrected chi connectivity index (χ2v) is 4.57. The van der Waals surface area contributed by atoms with Crippen LogP contribution in [0.15, 0.2) is 12.7 Å². The summed E-state index contributed by atoms with van der Waals surface area (Å²) in [5.41, 5.74) is 0.000278. The van der Waals surface area contributed by atoms with E-state index in [1.54, 1.807) is 0 Å². The zero-order chi connectivity index (χ0) is 11.4. The molecule has 2 nitrogen and oxygen atoms in total. The molecule has 0 N–H and O–H groups in total. The lowest BCUT2D eigenvalue weighted by atomic mass is 9.82. The van der Waals surface area contributed by atoms with Crippen LogP contribution in [0.2, 0.25) is 0 Å². The van der Waals surface area contributed by atoms with Gasteiger partial charge in [0.05, 0.1) is 13.2 Å². The van der Waals surface area contributed by atoms with E-state index in [0.29, 0.717) is 13.2 Å². The van der Waals surface area contributed by atoms with Gasteiger partial charge in [0.1, 0.15) is 0 Å². The molecule has 0 aliphatic carbocycles. The molecule has 1 rings (SSSR count). The lowest BCUT2D eigenvalue weighted by Crippen LogP contribution is -2.46. The van der Waals surface area contributed by atoms with Crippen molar-refractivity contribution in [3.63, 3.8) is 0 Å². The van der Waals surface area contributed by atoms with Crippen LogP contribution in [-0.2, 0) is 9.47 Å². The maximum atomic E-state index is 5.69. The average Bonchev–Trinajstić information content (AvgIpc) is 2.20. The van der Waals surface area contributed by atoms with Gasteiger partial charge in [0.25, 0.3) is 0 Å². The SMILES string of the molecule is C=CCC1(CC#CC)COC(C)(C)OC1. The predicted octanol–water partition coefficient (Wildman–Crippen LogP) is 2.75. The monoisotopic (exact) mass is 208 g/mol. The zero-order valence-corrected chi connectivity index (χ0v) is 9.93. The molecule has 0 atom stereocenters. The Morgan fingerprint density at radius 3 is 2.40 bits per heavy atom. The van der Waals surface area contributed by atoms with Gasteiger partial charge in [0.2, 0.25) is 0 Å². The van der Waals surface area contributed by atoms with Crippen molar-refractivity contribution in [3.05, 3.63) is 12.7 Å². The van der Waals surface area contributed by atoms with E-state index >= 15 is 0 Å². The summed E-state index contributed by atoms with van der Waals surface area (Å²) in [5.74, 6) is 5.58. The molecule has 0 unspecified atom stereocenters. The first-order chi connectivity index (χ1) is 7.04. The minimum atomic E-state index is -0.454. The molecule has 0 amide bonds. The highest BCUT2D eigenvalue weighted by molar-refractivity contribution is 5.03. The lowest BCUT2D eigenvalue weighted by Gasteiger charge is -2.42. The fourth-order valence-corrected chi connectivity index (χ4v) is 1.61. The summed E-state index contributed by atoms with van der Waals surface area (Å²) in [4.78, 5) is 0. The van der Waals surface area contributed by atoms with Gasteiger partial charge in [-0.15, -0.1) is 18.4 Å². The van der Waals surface area contributed by atoms with Crippen LogP contribution in [0.1, 0.15) is 33.6 Å². The minimum Gasteiger partial charge on any atom is -0.350 e. The van der Waals surface area contributed by atoms with Gasteiger partial charge in [-0.2, -0.15) is 0 Å². The van der Waals surface area contributed by atoms with Crippen molar-refractivity contribution < 1.29 is 9.47 Å². The molecule has 0 radical (unpaired) electrons. The maximum Gasteiger partial charge on any atom is 0.162 e. The smallest absolute Gasteiger partial charge is 0.162 e. The zero-order valence-electron chi connectivity index (χ0n) is 9.93. The number of hydrogen-bond donors (Lipinski definition) is 0. The third-order valence-corrected chi connectivity index (χ3v) is 2.67. The number of hydrogen-bond acceptors (Lipinski definition) is 2. The number of ether oxygens (including phenoxy) is 2. The quantitative estimate of drug-likeness (QED) is 0.524. The van der Waals surface area contributed by atoms with Gasteiger partial charge < -0.3 is 9.47 Å². The summed E-state index contributed by atoms with van der Waals surface area (Å²) in [5, 5.41) is 0. The molecule has 0 aromatic carbocycles. The van der Waals surface area contributed by atoms with Crippen LogP contribution in [0.3, 0.4) is 0 Å². The van der Waals surface area contributed by atoms with Crippen molar-refractivity contribution in [2.45, 2.75) is 39.4 Å². The van der Waals surface area contributed by atoms with E-state index in [1.165, 1.54) is 0 Å². The molecule has 1 fully saturated rings. The Bertz CT molecular complexity index is 271. The molecule has 0 spiro atoms.